The van der Waals surface area contributed by atoms with Gasteiger partial charge in [0, 0.05) is 6.42 Å². The SMILES string of the molecule is O=C(CC12CC3CC(CC(C3)C1)C2)NCC(=O)OCC(=O)c1cc(F)ccc1F. The molecule has 0 aromatic heterocycles. The summed E-state index contributed by atoms with van der Waals surface area (Å²) in [6.45, 7) is -1.05. The molecule has 0 radical (unpaired) electrons. The zero-order chi connectivity index (χ0) is 20.6. The summed E-state index contributed by atoms with van der Waals surface area (Å²) < 4.78 is 31.5. The van der Waals surface area contributed by atoms with Crippen LogP contribution in [0, 0.1) is 34.8 Å². The molecule has 1 amide bonds. The highest BCUT2D eigenvalue weighted by molar-refractivity contribution is 5.98. The van der Waals surface area contributed by atoms with Gasteiger partial charge in [-0.25, -0.2) is 8.78 Å². The number of halogens is 2. The van der Waals surface area contributed by atoms with Gasteiger partial charge in [-0.15, -0.1) is 0 Å². The molecule has 0 spiro atoms. The maximum Gasteiger partial charge on any atom is 0.325 e. The Bertz CT molecular complexity index is 803. The topological polar surface area (TPSA) is 72.5 Å². The molecule has 1 N–H and O–H groups in total. The van der Waals surface area contributed by atoms with E-state index in [0.717, 1.165) is 55.2 Å². The third-order valence-electron chi connectivity index (χ3n) is 6.72. The maximum atomic E-state index is 13.6. The number of ketones is 1. The lowest BCUT2D eigenvalue weighted by molar-refractivity contribution is -0.143. The number of carbonyl (C=O) groups excluding carboxylic acids is 3. The molecule has 7 heteroatoms. The van der Waals surface area contributed by atoms with Crippen molar-refractivity contribution in [2.45, 2.75) is 44.9 Å². The predicted octanol–water partition coefficient (Wildman–Crippen LogP) is 3.41. The minimum atomic E-state index is -0.878. The van der Waals surface area contributed by atoms with Gasteiger partial charge in [-0.05, 0) is 79.9 Å². The summed E-state index contributed by atoms with van der Waals surface area (Å²) in [6, 6.07) is 2.51. The Hall–Kier alpha value is -2.31. The molecule has 4 saturated carbocycles. The summed E-state index contributed by atoms with van der Waals surface area (Å²) in [5, 5.41) is 2.58. The second-order valence-electron chi connectivity index (χ2n) is 9.08. The lowest BCUT2D eigenvalue weighted by atomic mass is 9.49. The zero-order valence-electron chi connectivity index (χ0n) is 16.2. The normalized spacial score (nSPS) is 29.5. The van der Waals surface area contributed by atoms with Gasteiger partial charge >= 0.3 is 5.97 Å². The molecule has 1 aromatic rings. The Morgan fingerprint density at radius 1 is 1.03 bits per heavy atom. The van der Waals surface area contributed by atoms with Crippen LogP contribution in [0.5, 0.6) is 0 Å². The van der Waals surface area contributed by atoms with E-state index < -0.39 is 35.6 Å². The number of hydrogen-bond donors (Lipinski definition) is 1. The molecule has 4 fully saturated rings. The van der Waals surface area contributed by atoms with Gasteiger partial charge in [0.2, 0.25) is 11.7 Å². The number of amides is 1. The molecule has 4 aliphatic rings. The second-order valence-corrected chi connectivity index (χ2v) is 9.08. The van der Waals surface area contributed by atoms with Crippen molar-refractivity contribution < 1.29 is 27.9 Å². The van der Waals surface area contributed by atoms with Gasteiger partial charge < -0.3 is 10.1 Å². The van der Waals surface area contributed by atoms with Crippen LogP contribution in [0.1, 0.15) is 55.3 Å². The largest absolute Gasteiger partial charge is 0.456 e. The van der Waals surface area contributed by atoms with E-state index in [0.29, 0.717) is 6.42 Å². The molecule has 0 aliphatic heterocycles. The van der Waals surface area contributed by atoms with Gasteiger partial charge in [-0.3, -0.25) is 14.4 Å². The highest BCUT2D eigenvalue weighted by Gasteiger charge is 2.51. The number of rotatable bonds is 7. The molecule has 0 atom stereocenters. The Kier molecular flexibility index (Phi) is 5.40. The highest BCUT2D eigenvalue weighted by Crippen LogP contribution is 2.61. The Labute approximate surface area is 168 Å². The number of ether oxygens (including phenoxy) is 1. The summed E-state index contributed by atoms with van der Waals surface area (Å²) in [7, 11) is 0. The first kappa shape index (κ1) is 20.0. The van der Waals surface area contributed by atoms with E-state index in [2.05, 4.69) is 5.32 Å². The Morgan fingerprint density at radius 2 is 1.66 bits per heavy atom. The number of carbonyl (C=O) groups is 3. The summed E-state index contributed by atoms with van der Waals surface area (Å²) in [5.74, 6) is -1.19. The van der Waals surface area contributed by atoms with Gasteiger partial charge in [0.15, 0.2) is 6.61 Å². The van der Waals surface area contributed by atoms with Crippen molar-refractivity contribution in [1.29, 1.82) is 0 Å². The molecule has 156 valence electrons. The number of benzene rings is 1. The van der Waals surface area contributed by atoms with Crippen molar-refractivity contribution in [1.82, 2.24) is 5.32 Å². The van der Waals surface area contributed by atoms with E-state index in [4.69, 9.17) is 4.74 Å². The van der Waals surface area contributed by atoms with Crippen LogP contribution in [-0.2, 0) is 14.3 Å². The van der Waals surface area contributed by atoms with E-state index in [9.17, 15) is 23.2 Å². The smallest absolute Gasteiger partial charge is 0.325 e. The summed E-state index contributed by atoms with van der Waals surface area (Å²) in [4.78, 5) is 36.1. The molecule has 4 bridgehead atoms. The van der Waals surface area contributed by atoms with Crippen molar-refractivity contribution in [3.63, 3.8) is 0 Å². The minimum absolute atomic E-state index is 0.0770. The van der Waals surface area contributed by atoms with E-state index in [-0.39, 0.29) is 17.9 Å². The first-order valence-corrected chi connectivity index (χ1v) is 10.2. The third kappa shape index (κ3) is 4.49. The van der Waals surface area contributed by atoms with Crippen LogP contribution < -0.4 is 5.32 Å². The molecule has 0 saturated heterocycles. The molecular weight excluding hydrogens is 380 g/mol. The van der Waals surface area contributed by atoms with Gasteiger partial charge in [-0.2, -0.15) is 0 Å². The lowest BCUT2D eigenvalue weighted by Gasteiger charge is -2.56. The molecule has 0 heterocycles. The molecule has 29 heavy (non-hydrogen) atoms. The molecule has 5 nitrogen and oxygen atoms in total. The highest BCUT2D eigenvalue weighted by atomic mass is 19.1. The number of esters is 1. The van der Waals surface area contributed by atoms with E-state index in [1.165, 1.54) is 19.3 Å². The first-order chi connectivity index (χ1) is 13.8. The summed E-state index contributed by atoms with van der Waals surface area (Å²) in [5.41, 5.74) is -0.392. The van der Waals surface area contributed by atoms with Crippen LogP contribution in [0.3, 0.4) is 0 Å². The van der Waals surface area contributed by atoms with Gasteiger partial charge in [-0.1, -0.05) is 0 Å². The van der Waals surface area contributed by atoms with Gasteiger partial charge in [0.1, 0.15) is 18.2 Å². The average Bonchev–Trinajstić information content (AvgIpc) is 2.65. The maximum absolute atomic E-state index is 13.6. The van der Waals surface area contributed by atoms with E-state index in [1.807, 2.05) is 0 Å². The van der Waals surface area contributed by atoms with Crippen molar-refractivity contribution in [3.05, 3.63) is 35.4 Å². The molecular formula is C22H25F2NO4. The Morgan fingerprint density at radius 3 is 2.28 bits per heavy atom. The van der Waals surface area contributed by atoms with Crippen molar-refractivity contribution in [2.75, 3.05) is 13.2 Å². The molecule has 4 aliphatic carbocycles. The third-order valence-corrected chi connectivity index (χ3v) is 6.72. The summed E-state index contributed by atoms with van der Waals surface area (Å²) >= 11 is 0. The fraction of sp³-hybridized carbons (Fsp3) is 0.591. The fourth-order valence-electron chi connectivity index (χ4n) is 6.07. The van der Waals surface area contributed by atoms with Crippen LogP contribution in [0.2, 0.25) is 0 Å². The van der Waals surface area contributed by atoms with Gasteiger partial charge in [0.05, 0.1) is 5.56 Å². The zero-order valence-corrected chi connectivity index (χ0v) is 16.2. The number of hydrogen-bond acceptors (Lipinski definition) is 4. The minimum Gasteiger partial charge on any atom is -0.456 e. The summed E-state index contributed by atoms with van der Waals surface area (Å²) in [6.07, 6.45) is 7.63. The van der Waals surface area contributed by atoms with E-state index in [1.54, 1.807) is 0 Å². The van der Waals surface area contributed by atoms with Crippen LogP contribution in [0.25, 0.3) is 0 Å². The quantitative estimate of drug-likeness (QED) is 0.557. The van der Waals surface area contributed by atoms with Crippen LogP contribution in [0.15, 0.2) is 18.2 Å². The standard InChI is InChI=1S/C22H25F2NO4/c23-16-1-2-18(24)17(6-16)19(26)12-29-21(28)11-25-20(27)10-22-7-13-3-14(8-22)5-15(4-13)9-22/h1-2,6,13-15H,3-5,7-12H2,(H,25,27). The second kappa shape index (κ2) is 7.84. The van der Waals surface area contributed by atoms with Crippen LogP contribution in [-0.4, -0.2) is 30.8 Å². The number of nitrogens with one attached hydrogen (secondary N) is 1. The monoisotopic (exact) mass is 405 g/mol. The fourth-order valence-corrected chi connectivity index (χ4v) is 6.07. The van der Waals surface area contributed by atoms with Crippen molar-refractivity contribution >= 4 is 17.7 Å². The average molecular weight is 405 g/mol. The van der Waals surface area contributed by atoms with Crippen LogP contribution in [0.4, 0.5) is 8.78 Å². The van der Waals surface area contributed by atoms with Gasteiger partial charge in [0.25, 0.3) is 0 Å². The Balaban J connectivity index is 1.22. The van der Waals surface area contributed by atoms with E-state index >= 15 is 0 Å². The molecule has 5 rings (SSSR count). The van der Waals surface area contributed by atoms with Crippen molar-refractivity contribution in [2.24, 2.45) is 23.2 Å². The molecule has 0 unspecified atom stereocenters. The van der Waals surface area contributed by atoms with Crippen molar-refractivity contribution in [3.8, 4) is 0 Å². The lowest BCUT2D eigenvalue weighted by Crippen LogP contribution is -2.48. The first-order valence-electron chi connectivity index (χ1n) is 10.2. The predicted molar refractivity (Wildman–Crippen MR) is 99.9 cm³/mol. The van der Waals surface area contributed by atoms with Crippen LogP contribution >= 0.6 is 0 Å². The number of Topliss-reactive ketones (excluding diaryl/α,β-unsaturated/α-hetero) is 1. The molecule has 1 aromatic carbocycles.